The van der Waals surface area contributed by atoms with Crippen LogP contribution in [0.1, 0.15) is 35.8 Å². The molecule has 0 atom stereocenters. The van der Waals surface area contributed by atoms with Gasteiger partial charge >= 0.3 is 0 Å². The first-order chi connectivity index (χ1) is 11.4. The number of pyridine rings is 1. The molecule has 0 aromatic carbocycles. The molecule has 0 bridgehead atoms. The number of nitrogen functional groups attached to an aromatic ring is 2. The number of nitrogens with two attached hydrogens (primary N) is 2. The van der Waals surface area contributed by atoms with Crippen molar-refractivity contribution in [2.45, 2.75) is 19.9 Å². The van der Waals surface area contributed by atoms with E-state index in [0.29, 0.717) is 22.2 Å². The molecule has 0 unspecified atom stereocenters. The Labute approximate surface area is 138 Å². The van der Waals surface area contributed by atoms with E-state index in [0.717, 1.165) is 0 Å². The largest absolute Gasteiger partial charge is 0.481 e. The molecule has 4 N–H and O–H groups in total. The molecule has 0 fully saturated rings. The van der Waals surface area contributed by atoms with Crippen molar-refractivity contribution >= 4 is 28.5 Å². The van der Waals surface area contributed by atoms with Crippen molar-refractivity contribution in [1.29, 1.82) is 0 Å². The van der Waals surface area contributed by atoms with Gasteiger partial charge in [0, 0.05) is 23.9 Å². The van der Waals surface area contributed by atoms with E-state index in [4.69, 9.17) is 16.2 Å². The van der Waals surface area contributed by atoms with Crippen LogP contribution in [0.25, 0.3) is 11.0 Å². The van der Waals surface area contributed by atoms with Crippen LogP contribution >= 0.6 is 0 Å². The highest BCUT2D eigenvalue weighted by atomic mass is 16.5. The molecule has 0 aliphatic heterocycles. The SMILES string of the molecule is COc1cc(C(=O)c2cn(C(C)C)c3ncnc(N)c23)cc(N)n1. The molecule has 0 amide bonds. The monoisotopic (exact) mass is 326 g/mol. The first-order valence-electron chi connectivity index (χ1n) is 7.39. The van der Waals surface area contributed by atoms with Crippen LogP contribution in [0.3, 0.4) is 0 Å². The van der Waals surface area contributed by atoms with Crippen LogP contribution in [-0.2, 0) is 0 Å². The second kappa shape index (κ2) is 5.80. The van der Waals surface area contributed by atoms with Crippen LogP contribution in [-0.4, -0.2) is 32.4 Å². The number of hydrogen-bond donors (Lipinski definition) is 2. The summed E-state index contributed by atoms with van der Waals surface area (Å²) in [4.78, 5) is 25.3. The predicted molar refractivity (Wildman–Crippen MR) is 91.0 cm³/mol. The van der Waals surface area contributed by atoms with Crippen molar-refractivity contribution in [2.75, 3.05) is 18.6 Å². The fourth-order valence-electron chi connectivity index (χ4n) is 2.59. The molecule has 3 aromatic heterocycles. The average Bonchev–Trinajstić information content (AvgIpc) is 2.94. The lowest BCUT2D eigenvalue weighted by Crippen LogP contribution is -2.05. The van der Waals surface area contributed by atoms with Gasteiger partial charge < -0.3 is 20.8 Å². The third-order valence-corrected chi connectivity index (χ3v) is 3.73. The lowest BCUT2D eigenvalue weighted by molar-refractivity contribution is 0.103. The summed E-state index contributed by atoms with van der Waals surface area (Å²) in [5.74, 6) is 0.495. The van der Waals surface area contributed by atoms with E-state index >= 15 is 0 Å². The number of anilines is 2. The van der Waals surface area contributed by atoms with Gasteiger partial charge in [0.15, 0.2) is 5.78 Å². The topological polar surface area (TPSA) is 122 Å². The van der Waals surface area contributed by atoms with Crippen molar-refractivity contribution in [3.8, 4) is 5.88 Å². The van der Waals surface area contributed by atoms with Gasteiger partial charge in [-0.3, -0.25) is 4.79 Å². The maximum Gasteiger partial charge on any atom is 0.215 e. The Morgan fingerprint density at radius 2 is 2.00 bits per heavy atom. The number of methoxy groups -OCH3 is 1. The molecule has 3 aromatic rings. The van der Waals surface area contributed by atoms with Crippen molar-refractivity contribution in [3.63, 3.8) is 0 Å². The molecule has 0 aliphatic carbocycles. The highest BCUT2D eigenvalue weighted by Crippen LogP contribution is 2.29. The quantitative estimate of drug-likeness (QED) is 0.701. The van der Waals surface area contributed by atoms with E-state index in [1.807, 2.05) is 18.4 Å². The van der Waals surface area contributed by atoms with Gasteiger partial charge in [-0.15, -0.1) is 0 Å². The fourth-order valence-corrected chi connectivity index (χ4v) is 2.59. The highest BCUT2D eigenvalue weighted by molar-refractivity contribution is 6.18. The zero-order valence-corrected chi connectivity index (χ0v) is 13.6. The van der Waals surface area contributed by atoms with E-state index in [1.54, 1.807) is 6.20 Å². The second-order valence-electron chi connectivity index (χ2n) is 5.65. The van der Waals surface area contributed by atoms with E-state index in [-0.39, 0.29) is 29.3 Å². The number of carbonyl (C=O) groups excluding carboxylic acids is 1. The number of fused-ring (bicyclic) bond motifs is 1. The maximum absolute atomic E-state index is 13.0. The van der Waals surface area contributed by atoms with Gasteiger partial charge in [0.2, 0.25) is 5.88 Å². The minimum atomic E-state index is -0.242. The smallest absolute Gasteiger partial charge is 0.215 e. The minimum absolute atomic E-state index is 0.111. The molecular formula is C16H18N6O2. The van der Waals surface area contributed by atoms with Crippen LogP contribution in [0.15, 0.2) is 24.7 Å². The van der Waals surface area contributed by atoms with Gasteiger partial charge in [0.25, 0.3) is 0 Å². The van der Waals surface area contributed by atoms with E-state index in [2.05, 4.69) is 15.0 Å². The molecule has 0 spiro atoms. The molecule has 8 heteroatoms. The zero-order chi connectivity index (χ0) is 17.4. The summed E-state index contributed by atoms with van der Waals surface area (Å²) in [6.45, 7) is 4.00. The number of aromatic nitrogens is 4. The summed E-state index contributed by atoms with van der Waals surface area (Å²) < 4.78 is 6.97. The van der Waals surface area contributed by atoms with Crippen molar-refractivity contribution < 1.29 is 9.53 Å². The van der Waals surface area contributed by atoms with Crippen molar-refractivity contribution in [1.82, 2.24) is 19.5 Å². The second-order valence-corrected chi connectivity index (χ2v) is 5.65. The summed E-state index contributed by atoms with van der Waals surface area (Å²) in [6.07, 6.45) is 3.13. The summed E-state index contributed by atoms with van der Waals surface area (Å²) in [6, 6.07) is 3.15. The Kier molecular flexibility index (Phi) is 3.80. The maximum atomic E-state index is 13.0. The van der Waals surface area contributed by atoms with Crippen LogP contribution in [0.5, 0.6) is 5.88 Å². The molecule has 3 heterocycles. The molecule has 0 aliphatic rings. The Morgan fingerprint density at radius 3 is 2.67 bits per heavy atom. The van der Waals surface area contributed by atoms with Crippen LogP contribution < -0.4 is 16.2 Å². The van der Waals surface area contributed by atoms with Gasteiger partial charge in [-0.1, -0.05) is 0 Å². The average molecular weight is 326 g/mol. The Balaban J connectivity index is 2.22. The Hall–Kier alpha value is -3.16. The van der Waals surface area contributed by atoms with Crippen LogP contribution in [0.4, 0.5) is 11.6 Å². The summed E-state index contributed by atoms with van der Waals surface area (Å²) in [5, 5.41) is 0.533. The van der Waals surface area contributed by atoms with Gasteiger partial charge in [0.1, 0.15) is 23.6 Å². The molecule has 0 radical (unpaired) electrons. The van der Waals surface area contributed by atoms with Gasteiger partial charge in [-0.25, -0.2) is 9.97 Å². The molecule has 0 saturated carbocycles. The Morgan fingerprint density at radius 1 is 1.25 bits per heavy atom. The third-order valence-electron chi connectivity index (χ3n) is 3.73. The fraction of sp³-hybridized carbons (Fsp3) is 0.250. The normalized spacial score (nSPS) is 11.2. The van der Waals surface area contributed by atoms with Gasteiger partial charge in [0.05, 0.1) is 18.1 Å². The van der Waals surface area contributed by atoms with E-state index in [9.17, 15) is 4.79 Å². The van der Waals surface area contributed by atoms with E-state index < -0.39 is 0 Å². The molecule has 8 nitrogen and oxygen atoms in total. The third kappa shape index (κ3) is 2.51. The van der Waals surface area contributed by atoms with Crippen LogP contribution in [0.2, 0.25) is 0 Å². The molecule has 0 saturated heterocycles. The number of rotatable bonds is 4. The summed E-state index contributed by atoms with van der Waals surface area (Å²) >= 11 is 0. The lowest BCUT2D eigenvalue weighted by atomic mass is 10.0. The number of ketones is 1. The zero-order valence-electron chi connectivity index (χ0n) is 13.6. The first-order valence-corrected chi connectivity index (χ1v) is 7.39. The summed E-state index contributed by atoms with van der Waals surface area (Å²) in [7, 11) is 1.46. The molecule has 124 valence electrons. The molecule has 3 rings (SSSR count). The van der Waals surface area contributed by atoms with Crippen molar-refractivity contribution in [2.24, 2.45) is 0 Å². The number of carbonyl (C=O) groups is 1. The molecule has 24 heavy (non-hydrogen) atoms. The first kappa shape index (κ1) is 15.7. The highest BCUT2D eigenvalue weighted by Gasteiger charge is 2.22. The van der Waals surface area contributed by atoms with Gasteiger partial charge in [-0.05, 0) is 19.9 Å². The molecular weight excluding hydrogens is 308 g/mol. The standard InChI is InChI=1S/C16H18N6O2/c1-8(2)22-6-10(13-15(18)19-7-20-16(13)22)14(23)9-4-11(17)21-12(5-9)24-3/h4-8H,1-3H3,(H2,17,21)(H2,18,19,20). The summed E-state index contributed by atoms with van der Waals surface area (Å²) in [5.41, 5.74) is 13.2. The Bertz CT molecular complexity index is 932. The number of ether oxygens (including phenoxy) is 1. The van der Waals surface area contributed by atoms with Crippen LogP contribution in [0, 0.1) is 0 Å². The van der Waals surface area contributed by atoms with Crippen molar-refractivity contribution in [3.05, 3.63) is 35.8 Å². The lowest BCUT2D eigenvalue weighted by Gasteiger charge is -2.07. The number of hydrogen-bond acceptors (Lipinski definition) is 7. The predicted octanol–water partition coefficient (Wildman–Crippen LogP) is 1.81. The minimum Gasteiger partial charge on any atom is -0.481 e. The number of nitrogens with zero attached hydrogens (tertiary/aromatic N) is 4. The van der Waals surface area contributed by atoms with Gasteiger partial charge in [-0.2, -0.15) is 4.98 Å². The van der Waals surface area contributed by atoms with E-state index in [1.165, 1.54) is 25.6 Å².